The number of hydrogen-bond acceptors (Lipinski definition) is 2. The summed E-state index contributed by atoms with van der Waals surface area (Å²) in [6.07, 6.45) is -0.896. The van der Waals surface area contributed by atoms with E-state index in [4.69, 9.17) is 0 Å². The molecular formula is C11H20F4N2. The van der Waals surface area contributed by atoms with E-state index in [-0.39, 0.29) is 6.04 Å². The molecular weight excluding hydrogens is 236 g/mol. The average molecular weight is 256 g/mol. The second-order valence-electron chi connectivity index (χ2n) is 4.59. The van der Waals surface area contributed by atoms with Gasteiger partial charge in [-0.1, -0.05) is 6.92 Å². The topological polar surface area (TPSA) is 15.3 Å². The maximum atomic E-state index is 12.9. The first kappa shape index (κ1) is 14.7. The zero-order valence-electron chi connectivity index (χ0n) is 10.1. The summed E-state index contributed by atoms with van der Waals surface area (Å²) < 4.78 is 49.9. The van der Waals surface area contributed by atoms with Gasteiger partial charge in [0, 0.05) is 12.6 Å². The number of nitrogens with zero attached hydrogens (tertiary/aromatic N) is 1. The summed E-state index contributed by atoms with van der Waals surface area (Å²) in [4.78, 5) is 1.43. The third-order valence-corrected chi connectivity index (χ3v) is 2.94. The first-order valence-corrected chi connectivity index (χ1v) is 6.07. The van der Waals surface area contributed by atoms with Crippen LogP contribution in [-0.2, 0) is 0 Å². The molecule has 1 heterocycles. The molecule has 1 saturated heterocycles. The molecule has 0 spiro atoms. The van der Waals surface area contributed by atoms with E-state index in [0.29, 0.717) is 13.1 Å². The van der Waals surface area contributed by atoms with Crippen LogP contribution in [0.3, 0.4) is 0 Å². The first-order valence-electron chi connectivity index (χ1n) is 6.07. The van der Waals surface area contributed by atoms with Crippen molar-refractivity contribution in [1.82, 2.24) is 10.2 Å². The Labute approximate surface area is 99.4 Å². The summed E-state index contributed by atoms with van der Waals surface area (Å²) in [6, 6.07) is 0.150. The molecule has 0 aromatic rings. The number of likely N-dealkylation sites (tertiary alicyclic amines) is 1. The molecule has 0 bridgehead atoms. The zero-order valence-corrected chi connectivity index (χ0v) is 10.1. The molecule has 1 atom stereocenters. The van der Waals surface area contributed by atoms with Gasteiger partial charge in [0.05, 0.1) is 6.54 Å². The summed E-state index contributed by atoms with van der Waals surface area (Å²) in [5.41, 5.74) is 0. The molecule has 1 unspecified atom stereocenters. The van der Waals surface area contributed by atoms with E-state index in [1.165, 1.54) is 4.90 Å². The van der Waals surface area contributed by atoms with Crippen molar-refractivity contribution in [1.29, 1.82) is 0 Å². The lowest BCUT2D eigenvalue weighted by atomic mass is 10.1. The fourth-order valence-electron chi connectivity index (χ4n) is 2.08. The molecule has 0 aliphatic carbocycles. The number of hydrogen-bond donors (Lipinski definition) is 1. The number of piperidine rings is 1. The fraction of sp³-hybridized carbons (Fsp3) is 1.00. The van der Waals surface area contributed by atoms with Crippen molar-refractivity contribution < 1.29 is 17.6 Å². The summed E-state index contributed by atoms with van der Waals surface area (Å²) >= 11 is 0. The highest BCUT2D eigenvalue weighted by molar-refractivity contribution is 4.82. The monoisotopic (exact) mass is 256 g/mol. The minimum Gasteiger partial charge on any atom is -0.313 e. The van der Waals surface area contributed by atoms with Gasteiger partial charge in [-0.25, -0.2) is 8.78 Å². The number of halogens is 4. The highest BCUT2D eigenvalue weighted by Gasteiger charge is 2.42. The minimum absolute atomic E-state index is 0.150. The molecule has 1 aliphatic rings. The van der Waals surface area contributed by atoms with Gasteiger partial charge in [0.1, 0.15) is 0 Å². The van der Waals surface area contributed by atoms with Crippen molar-refractivity contribution in [3.8, 4) is 0 Å². The van der Waals surface area contributed by atoms with Gasteiger partial charge in [-0.15, -0.1) is 0 Å². The molecule has 1 aliphatic heterocycles. The Morgan fingerprint density at radius 1 is 1.41 bits per heavy atom. The van der Waals surface area contributed by atoms with Crippen LogP contribution in [0.2, 0.25) is 0 Å². The molecule has 0 saturated carbocycles. The summed E-state index contributed by atoms with van der Waals surface area (Å²) in [5, 5.41) is 3.24. The van der Waals surface area contributed by atoms with Gasteiger partial charge in [-0.05, 0) is 32.4 Å². The Bertz CT molecular complexity index is 224. The molecule has 0 aromatic heterocycles. The Hall–Kier alpha value is -0.360. The van der Waals surface area contributed by atoms with Gasteiger partial charge in [-0.2, -0.15) is 8.78 Å². The average Bonchev–Trinajstić information content (AvgIpc) is 2.26. The van der Waals surface area contributed by atoms with Crippen LogP contribution in [0.15, 0.2) is 0 Å². The van der Waals surface area contributed by atoms with Crippen molar-refractivity contribution in [2.45, 2.75) is 44.6 Å². The van der Waals surface area contributed by atoms with E-state index in [2.05, 4.69) is 5.32 Å². The lowest BCUT2D eigenvalue weighted by Gasteiger charge is -2.35. The standard InChI is InChI=1S/C11H20F4N2/c1-2-5-16-9-4-3-6-17(7-9)8-11(14,15)10(12)13/h9-10,16H,2-8H2,1H3. The molecule has 1 rings (SSSR count). The molecule has 17 heavy (non-hydrogen) atoms. The van der Waals surface area contributed by atoms with Crippen molar-refractivity contribution in [2.75, 3.05) is 26.2 Å². The minimum atomic E-state index is -3.90. The molecule has 1 N–H and O–H groups in total. The van der Waals surface area contributed by atoms with Gasteiger partial charge in [0.25, 0.3) is 0 Å². The molecule has 0 amide bonds. The van der Waals surface area contributed by atoms with Gasteiger partial charge in [0.15, 0.2) is 0 Å². The second-order valence-corrected chi connectivity index (χ2v) is 4.59. The van der Waals surface area contributed by atoms with Crippen LogP contribution in [0.5, 0.6) is 0 Å². The highest BCUT2D eigenvalue weighted by Crippen LogP contribution is 2.25. The van der Waals surface area contributed by atoms with Crippen molar-refractivity contribution in [3.05, 3.63) is 0 Å². The van der Waals surface area contributed by atoms with Crippen LogP contribution in [0, 0.1) is 0 Å². The maximum Gasteiger partial charge on any atom is 0.319 e. The molecule has 102 valence electrons. The smallest absolute Gasteiger partial charge is 0.313 e. The molecule has 0 aromatic carbocycles. The largest absolute Gasteiger partial charge is 0.319 e. The number of rotatable bonds is 6. The van der Waals surface area contributed by atoms with Gasteiger partial charge in [-0.3, -0.25) is 4.90 Å². The Kier molecular flexibility index (Phi) is 5.66. The Morgan fingerprint density at radius 3 is 2.71 bits per heavy atom. The molecule has 6 heteroatoms. The molecule has 1 fully saturated rings. The number of nitrogens with one attached hydrogen (secondary N) is 1. The van der Waals surface area contributed by atoms with E-state index in [1.807, 2.05) is 6.92 Å². The summed E-state index contributed by atoms with van der Waals surface area (Å²) in [5.74, 6) is -3.90. The van der Waals surface area contributed by atoms with Crippen LogP contribution in [0.4, 0.5) is 17.6 Å². The van der Waals surface area contributed by atoms with E-state index < -0.39 is 18.9 Å². The van der Waals surface area contributed by atoms with Gasteiger partial charge >= 0.3 is 12.3 Å². The highest BCUT2D eigenvalue weighted by atomic mass is 19.3. The van der Waals surface area contributed by atoms with Gasteiger partial charge in [0.2, 0.25) is 0 Å². The summed E-state index contributed by atoms with van der Waals surface area (Å²) in [6.45, 7) is 2.94. The maximum absolute atomic E-state index is 12.9. The van der Waals surface area contributed by atoms with Crippen LogP contribution >= 0.6 is 0 Å². The molecule has 2 nitrogen and oxygen atoms in total. The van der Waals surface area contributed by atoms with Crippen LogP contribution in [0.1, 0.15) is 26.2 Å². The zero-order chi connectivity index (χ0) is 12.9. The predicted octanol–water partition coefficient (Wildman–Crippen LogP) is 2.35. The predicted molar refractivity (Wildman–Crippen MR) is 58.7 cm³/mol. The number of alkyl halides is 4. The van der Waals surface area contributed by atoms with Crippen molar-refractivity contribution >= 4 is 0 Å². The van der Waals surface area contributed by atoms with Crippen LogP contribution in [-0.4, -0.2) is 49.5 Å². The second kappa shape index (κ2) is 6.54. The third kappa shape index (κ3) is 4.79. The summed E-state index contributed by atoms with van der Waals surface area (Å²) in [7, 11) is 0. The Balaban J connectivity index is 2.39. The normalized spacial score (nSPS) is 23.3. The van der Waals surface area contributed by atoms with Crippen LogP contribution in [0.25, 0.3) is 0 Å². The lowest BCUT2D eigenvalue weighted by Crippen LogP contribution is -2.50. The SMILES string of the molecule is CCCNC1CCCN(CC(F)(F)C(F)F)C1. The fourth-order valence-corrected chi connectivity index (χ4v) is 2.08. The molecule has 0 radical (unpaired) electrons. The van der Waals surface area contributed by atoms with E-state index >= 15 is 0 Å². The van der Waals surface area contributed by atoms with Crippen LogP contribution < -0.4 is 5.32 Å². The van der Waals surface area contributed by atoms with E-state index in [0.717, 1.165) is 25.8 Å². The quantitative estimate of drug-likeness (QED) is 0.734. The third-order valence-electron chi connectivity index (χ3n) is 2.94. The van der Waals surface area contributed by atoms with Crippen molar-refractivity contribution in [3.63, 3.8) is 0 Å². The van der Waals surface area contributed by atoms with E-state index in [1.54, 1.807) is 0 Å². The first-order chi connectivity index (χ1) is 7.95. The van der Waals surface area contributed by atoms with E-state index in [9.17, 15) is 17.6 Å². The Morgan fingerprint density at radius 2 is 2.12 bits per heavy atom. The van der Waals surface area contributed by atoms with Crippen molar-refractivity contribution in [2.24, 2.45) is 0 Å². The lowest BCUT2D eigenvalue weighted by molar-refractivity contribution is -0.144. The van der Waals surface area contributed by atoms with Gasteiger partial charge < -0.3 is 5.32 Å².